The molecule has 2 N–H and O–H groups in total. The van der Waals surface area contributed by atoms with Gasteiger partial charge < -0.3 is 15.2 Å². The molecule has 2 heterocycles. The molecule has 6 heteroatoms. The van der Waals surface area contributed by atoms with E-state index < -0.39 is 0 Å². The van der Waals surface area contributed by atoms with Crippen molar-refractivity contribution in [2.45, 2.75) is 51.8 Å². The number of hydrogen-bond acceptors (Lipinski definition) is 5. The van der Waals surface area contributed by atoms with E-state index in [1.165, 1.54) is 0 Å². The largest absolute Gasteiger partial charge is 0.494 e. The molecule has 1 atom stereocenters. The number of amides is 1. The summed E-state index contributed by atoms with van der Waals surface area (Å²) in [6, 6.07) is 18.1. The average molecular weight is 448 g/mol. The summed E-state index contributed by atoms with van der Waals surface area (Å²) in [6.07, 6.45) is 2.53. The summed E-state index contributed by atoms with van der Waals surface area (Å²) in [7, 11) is 0. The lowest BCUT2D eigenvalue weighted by atomic mass is 9.85. The molecule has 1 aliphatic heterocycles. The number of hydrogen-bond donors (Lipinski definition) is 2. The predicted octanol–water partition coefficient (Wildman–Crippen LogP) is 4.26. The Labute approximate surface area is 195 Å². The molecule has 0 unspecified atom stereocenters. The molecule has 0 radical (unpaired) electrons. The van der Waals surface area contributed by atoms with Crippen LogP contribution in [0.1, 0.15) is 44.0 Å². The summed E-state index contributed by atoms with van der Waals surface area (Å²) < 4.78 is 5.54. The summed E-state index contributed by atoms with van der Waals surface area (Å²) in [5.74, 6) is 0.765. The van der Waals surface area contributed by atoms with Gasteiger partial charge in [-0.3, -0.25) is 9.69 Å². The van der Waals surface area contributed by atoms with E-state index >= 15 is 0 Å². The van der Waals surface area contributed by atoms with Crippen LogP contribution in [-0.4, -0.2) is 58.8 Å². The fourth-order valence-corrected chi connectivity index (χ4v) is 4.77. The Bertz CT molecular complexity index is 1110. The van der Waals surface area contributed by atoms with Crippen molar-refractivity contribution >= 4 is 16.8 Å². The van der Waals surface area contributed by atoms with Gasteiger partial charge in [0.05, 0.1) is 29.5 Å². The molecular formula is C27H33N3O3. The first-order valence-electron chi connectivity index (χ1n) is 11.5. The van der Waals surface area contributed by atoms with Gasteiger partial charge >= 0.3 is 0 Å². The van der Waals surface area contributed by atoms with E-state index in [0.717, 1.165) is 60.3 Å². The highest BCUT2D eigenvalue weighted by Gasteiger charge is 2.37. The summed E-state index contributed by atoms with van der Waals surface area (Å²) in [4.78, 5) is 20.4. The highest BCUT2D eigenvalue weighted by atomic mass is 16.5. The number of rotatable bonds is 6. The number of benzene rings is 2. The number of fused-ring (bicyclic) bond motifs is 1. The van der Waals surface area contributed by atoms with Gasteiger partial charge in [-0.15, -0.1) is 0 Å². The molecule has 2 fully saturated rings. The van der Waals surface area contributed by atoms with Gasteiger partial charge in [-0.25, -0.2) is 4.98 Å². The Balaban J connectivity index is 0.00000259. The van der Waals surface area contributed by atoms with Gasteiger partial charge in [0.15, 0.2) is 0 Å². The van der Waals surface area contributed by atoms with E-state index in [9.17, 15) is 9.90 Å². The molecule has 0 spiro atoms. The number of β-amino-alcohol motifs (C(OH)–C–C–N with tert-alkyl or cyclic N) is 1. The van der Waals surface area contributed by atoms with Crippen LogP contribution in [0.25, 0.3) is 22.2 Å². The van der Waals surface area contributed by atoms with Crippen molar-refractivity contribution in [1.82, 2.24) is 15.2 Å². The van der Waals surface area contributed by atoms with Crippen LogP contribution in [0, 0.1) is 0 Å². The Morgan fingerprint density at radius 1 is 1.18 bits per heavy atom. The monoisotopic (exact) mass is 447 g/mol. The highest BCUT2D eigenvalue weighted by Crippen LogP contribution is 2.30. The molecule has 1 aromatic heterocycles. The molecule has 2 aromatic carbocycles. The highest BCUT2D eigenvalue weighted by molar-refractivity contribution is 6.07. The van der Waals surface area contributed by atoms with Crippen LogP contribution in [0.2, 0.25) is 0 Å². The predicted molar refractivity (Wildman–Crippen MR) is 132 cm³/mol. The number of aliphatic hydroxyl groups excluding tert-OH is 1. The first-order valence-corrected chi connectivity index (χ1v) is 11.5. The number of nitrogens with zero attached hydrogens (tertiary/aromatic N) is 2. The quantitative estimate of drug-likeness (QED) is 0.591. The van der Waals surface area contributed by atoms with Crippen molar-refractivity contribution in [3.63, 3.8) is 0 Å². The number of para-hydroxylation sites is 1. The zero-order chi connectivity index (χ0) is 22.1. The second-order valence-corrected chi connectivity index (χ2v) is 8.76. The lowest BCUT2D eigenvalue weighted by Gasteiger charge is -2.41. The first kappa shape index (κ1) is 23.2. The zero-order valence-corrected chi connectivity index (χ0v) is 18.3. The fraction of sp³-hybridized carbons (Fsp3) is 0.407. The molecule has 0 bridgehead atoms. The summed E-state index contributed by atoms with van der Waals surface area (Å²) in [6.45, 7) is 4.29. The maximum atomic E-state index is 13.3. The number of aliphatic hydroxyl groups is 1. The molecule has 1 saturated heterocycles. The minimum Gasteiger partial charge on any atom is -0.494 e. The van der Waals surface area contributed by atoms with Crippen LogP contribution in [-0.2, 0) is 0 Å². The van der Waals surface area contributed by atoms with Gasteiger partial charge in [-0.05, 0) is 62.6 Å². The molecule has 1 aliphatic carbocycles. The zero-order valence-electron chi connectivity index (χ0n) is 18.3. The number of nitrogens with one attached hydrogen (secondary N) is 1. The lowest BCUT2D eigenvalue weighted by molar-refractivity contribution is 0.0777. The second kappa shape index (κ2) is 9.89. The molecule has 174 valence electrons. The van der Waals surface area contributed by atoms with Crippen molar-refractivity contribution in [2.75, 3.05) is 19.7 Å². The number of ether oxygens (including phenoxy) is 1. The van der Waals surface area contributed by atoms with Crippen LogP contribution in [0.4, 0.5) is 0 Å². The third-order valence-electron chi connectivity index (χ3n) is 6.58. The molecule has 2 aliphatic rings. The summed E-state index contributed by atoms with van der Waals surface area (Å²) in [5, 5.41) is 13.8. The van der Waals surface area contributed by atoms with Crippen molar-refractivity contribution < 1.29 is 14.6 Å². The number of likely N-dealkylation sites (tertiary alicyclic amines) is 1. The minimum absolute atomic E-state index is 0. The van der Waals surface area contributed by atoms with Gasteiger partial charge in [-0.1, -0.05) is 25.6 Å². The third kappa shape index (κ3) is 4.87. The average Bonchev–Trinajstić information content (AvgIpc) is 3.21. The molecule has 1 amide bonds. The molecule has 1 saturated carbocycles. The number of carbonyl (C=O) groups excluding carboxylic acids is 1. The van der Waals surface area contributed by atoms with E-state index in [0.29, 0.717) is 18.2 Å². The van der Waals surface area contributed by atoms with Crippen molar-refractivity contribution in [2.24, 2.45) is 0 Å². The molecule has 33 heavy (non-hydrogen) atoms. The Hall–Kier alpha value is -2.96. The van der Waals surface area contributed by atoms with Crippen molar-refractivity contribution in [3.8, 4) is 17.0 Å². The number of pyridine rings is 1. The molecule has 5 rings (SSSR count). The number of aromatic nitrogens is 1. The molecular weight excluding hydrogens is 414 g/mol. The summed E-state index contributed by atoms with van der Waals surface area (Å²) >= 11 is 0. The van der Waals surface area contributed by atoms with E-state index in [4.69, 9.17) is 9.72 Å². The van der Waals surface area contributed by atoms with Gasteiger partial charge in [-0.2, -0.15) is 0 Å². The molecule has 6 nitrogen and oxygen atoms in total. The van der Waals surface area contributed by atoms with Crippen LogP contribution >= 0.6 is 0 Å². The molecule has 3 aromatic rings. The van der Waals surface area contributed by atoms with E-state index in [1.807, 2.05) is 61.5 Å². The van der Waals surface area contributed by atoms with E-state index in [-0.39, 0.29) is 25.5 Å². The fourth-order valence-electron chi connectivity index (χ4n) is 4.77. The smallest absolute Gasteiger partial charge is 0.252 e. The Kier molecular flexibility index (Phi) is 6.96. The SMILES string of the molecule is C.CCOc1ccc(-c2cc(C(=O)NC3CC(N4CC[C@H](O)C4)C3)c3ccccc3n2)cc1. The van der Waals surface area contributed by atoms with Gasteiger partial charge in [0.25, 0.3) is 5.91 Å². The maximum absolute atomic E-state index is 13.3. The standard InChI is InChI=1S/C26H29N3O3.CH4/c1-2-32-21-9-7-17(8-10-21)25-15-23(22-5-3-4-6-24(22)28-25)26(31)27-18-13-19(14-18)29-12-11-20(30)16-29;/h3-10,15,18-20,30H,2,11-14,16H2,1H3,(H,27,31);1H4/t18?,19?,20-;/m0./s1. The van der Waals surface area contributed by atoms with Crippen molar-refractivity contribution in [1.29, 1.82) is 0 Å². The Morgan fingerprint density at radius 2 is 1.94 bits per heavy atom. The van der Waals surface area contributed by atoms with Crippen LogP contribution < -0.4 is 10.1 Å². The van der Waals surface area contributed by atoms with E-state index in [1.54, 1.807) is 0 Å². The normalized spacial score (nSPS) is 22.4. The van der Waals surface area contributed by atoms with Gasteiger partial charge in [0.1, 0.15) is 5.75 Å². The Morgan fingerprint density at radius 3 is 2.64 bits per heavy atom. The number of carbonyl (C=O) groups is 1. The minimum atomic E-state index is -0.201. The van der Waals surface area contributed by atoms with Crippen molar-refractivity contribution in [3.05, 3.63) is 60.2 Å². The lowest BCUT2D eigenvalue weighted by Crippen LogP contribution is -2.53. The van der Waals surface area contributed by atoms with Gasteiger partial charge in [0.2, 0.25) is 0 Å². The third-order valence-corrected chi connectivity index (χ3v) is 6.58. The topological polar surface area (TPSA) is 74.7 Å². The maximum Gasteiger partial charge on any atom is 0.252 e. The van der Waals surface area contributed by atoms with Gasteiger partial charge in [0, 0.05) is 36.1 Å². The van der Waals surface area contributed by atoms with E-state index in [2.05, 4.69) is 10.2 Å². The second-order valence-electron chi connectivity index (χ2n) is 8.76. The van der Waals surface area contributed by atoms with Crippen LogP contribution in [0.5, 0.6) is 5.75 Å². The summed E-state index contributed by atoms with van der Waals surface area (Å²) in [5.41, 5.74) is 3.18. The van der Waals surface area contributed by atoms with Crippen LogP contribution in [0.3, 0.4) is 0 Å². The first-order chi connectivity index (χ1) is 15.6. The van der Waals surface area contributed by atoms with Crippen LogP contribution in [0.15, 0.2) is 54.6 Å².